The normalized spacial score (nSPS) is 54.4. The molecule has 5 aliphatic carbocycles. The first-order valence-corrected chi connectivity index (χ1v) is 13.8. The van der Waals surface area contributed by atoms with E-state index < -0.39 is 16.8 Å². The summed E-state index contributed by atoms with van der Waals surface area (Å²) in [4.78, 5) is 25.7. The Balaban J connectivity index is 1.57. The number of allylic oxidation sites excluding steroid dienone is 1. The van der Waals surface area contributed by atoms with Crippen LogP contribution in [0.2, 0.25) is 0 Å². The molecule has 0 aromatic carbocycles. The van der Waals surface area contributed by atoms with Gasteiger partial charge in [0, 0.05) is 6.42 Å². The van der Waals surface area contributed by atoms with Crippen LogP contribution in [0.5, 0.6) is 0 Å². The average Bonchev–Trinajstić information content (AvgIpc) is 3.18. The fourth-order valence-electron chi connectivity index (χ4n) is 11.3. The van der Waals surface area contributed by atoms with Gasteiger partial charge in [0.05, 0.1) is 17.4 Å². The second-order valence-corrected chi connectivity index (χ2v) is 14.1. The number of carbonyl (C=O) groups is 2. The summed E-state index contributed by atoms with van der Waals surface area (Å²) in [6, 6.07) is 0. The molecule has 0 spiro atoms. The van der Waals surface area contributed by atoms with Gasteiger partial charge in [0.25, 0.3) is 0 Å². The second kappa shape index (κ2) is 7.43. The van der Waals surface area contributed by atoms with E-state index in [-0.39, 0.29) is 40.5 Å². The Morgan fingerprint density at radius 3 is 2.26 bits per heavy atom. The van der Waals surface area contributed by atoms with Crippen LogP contribution in [0, 0.1) is 56.7 Å². The minimum Gasteiger partial charge on any atom is -0.481 e. The molecule has 0 bridgehead atoms. The predicted octanol–water partition coefficient (Wildman–Crippen LogP) is 6.27. The number of hydrogen-bond donors (Lipinski definition) is 2. The number of carboxylic acids is 1. The van der Waals surface area contributed by atoms with E-state index >= 15 is 0 Å². The van der Waals surface area contributed by atoms with E-state index in [4.69, 9.17) is 0 Å². The van der Waals surface area contributed by atoms with Crippen LogP contribution in [0.1, 0.15) is 98.8 Å². The first-order chi connectivity index (χ1) is 15.8. The Hall–Kier alpha value is -1.16. The van der Waals surface area contributed by atoms with Crippen molar-refractivity contribution in [2.45, 2.75) is 98.8 Å². The SMILES string of the molecule is C=C(C)C1CCC2(C(=O)O)CC[C@]3(C)C(CCC4[C@@]5(C)CCC(=O)[C@@](C)(CO)C5CC[C@]43C)C12. The van der Waals surface area contributed by atoms with Crippen molar-refractivity contribution in [3.05, 3.63) is 12.2 Å². The van der Waals surface area contributed by atoms with E-state index in [1.807, 2.05) is 6.92 Å². The Bertz CT molecular complexity index is 925. The summed E-state index contributed by atoms with van der Waals surface area (Å²) in [6.07, 6.45) is 9.35. The van der Waals surface area contributed by atoms with Gasteiger partial charge in [-0.3, -0.25) is 9.59 Å². The molecule has 5 saturated carbocycles. The third-order valence-electron chi connectivity index (χ3n) is 13.4. The Morgan fingerprint density at radius 1 is 0.941 bits per heavy atom. The van der Waals surface area contributed by atoms with Gasteiger partial charge in [0.1, 0.15) is 5.78 Å². The Morgan fingerprint density at radius 2 is 1.65 bits per heavy atom. The lowest BCUT2D eigenvalue weighted by Gasteiger charge is -2.72. The first kappa shape index (κ1) is 24.5. The molecule has 34 heavy (non-hydrogen) atoms. The number of fused-ring (bicyclic) bond motifs is 7. The van der Waals surface area contributed by atoms with Gasteiger partial charge in [-0.25, -0.2) is 0 Å². The lowest BCUT2D eigenvalue weighted by Crippen LogP contribution is -2.67. The maximum Gasteiger partial charge on any atom is 0.309 e. The standard InChI is InChI=1S/C30H46O4/c1-18(2)19-9-14-30(25(33)34)16-15-28(5)20(24(19)30)7-8-22-26(3)12-11-23(32)27(4,17-31)21(26)10-13-29(22,28)6/h19-22,24,31H,1,7-17H2,2-6H3,(H,33,34)/t19?,20?,21?,22?,24?,26-,27-,28+,29+,30?/m0/s1. The Kier molecular flexibility index (Phi) is 5.36. The predicted molar refractivity (Wildman–Crippen MR) is 133 cm³/mol. The zero-order valence-corrected chi connectivity index (χ0v) is 22.1. The van der Waals surface area contributed by atoms with E-state index in [1.165, 1.54) is 5.57 Å². The number of ketones is 1. The molecule has 4 heteroatoms. The molecular formula is C30H46O4. The Labute approximate surface area is 206 Å². The summed E-state index contributed by atoms with van der Waals surface area (Å²) in [6.45, 7) is 15.9. The number of carboxylic acid groups (broad SMARTS) is 1. The van der Waals surface area contributed by atoms with Crippen molar-refractivity contribution in [1.82, 2.24) is 0 Å². The molecule has 0 aromatic heterocycles. The van der Waals surface area contributed by atoms with Crippen molar-refractivity contribution in [3.8, 4) is 0 Å². The van der Waals surface area contributed by atoms with Crippen LogP contribution in [-0.2, 0) is 9.59 Å². The summed E-state index contributed by atoms with van der Waals surface area (Å²) >= 11 is 0. The largest absolute Gasteiger partial charge is 0.481 e. The topological polar surface area (TPSA) is 74.6 Å². The van der Waals surface area contributed by atoms with Crippen LogP contribution in [-0.4, -0.2) is 28.6 Å². The molecule has 5 rings (SSSR count). The van der Waals surface area contributed by atoms with Gasteiger partial charge >= 0.3 is 5.97 Å². The second-order valence-electron chi connectivity index (χ2n) is 14.1. The number of hydrogen-bond acceptors (Lipinski definition) is 3. The molecule has 190 valence electrons. The number of aliphatic carboxylic acids is 1. The van der Waals surface area contributed by atoms with Gasteiger partial charge in [-0.05, 0) is 111 Å². The van der Waals surface area contributed by atoms with Gasteiger partial charge in [-0.2, -0.15) is 0 Å². The molecule has 0 heterocycles. The van der Waals surface area contributed by atoms with Crippen LogP contribution >= 0.6 is 0 Å². The van der Waals surface area contributed by atoms with E-state index in [2.05, 4.69) is 34.3 Å². The monoisotopic (exact) mass is 470 g/mol. The third-order valence-corrected chi connectivity index (χ3v) is 13.4. The zero-order chi connectivity index (χ0) is 24.9. The fourth-order valence-corrected chi connectivity index (χ4v) is 11.3. The minimum absolute atomic E-state index is 0.0427. The van der Waals surface area contributed by atoms with Crippen LogP contribution in [0.3, 0.4) is 0 Å². The van der Waals surface area contributed by atoms with E-state index in [9.17, 15) is 19.8 Å². The van der Waals surface area contributed by atoms with E-state index in [0.717, 1.165) is 57.8 Å². The first-order valence-electron chi connectivity index (χ1n) is 13.8. The highest BCUT2D eigenvalue weighted by atomic mass is 16.4. The molecule has 0 aromatic rings. The molecule has 10 atom stereocenters. The van der Waals surface area contributed by atoms with Crippen LogP contribution < -0.4 is 0 Å². The molecule has 5 fully saturated rings. The summed E-state index contributed by atoms with van der Waals surface area (Å²) in [5, 5.41) is 20.8. The maximum atomic E-state index is 13.0. The van der Waals surface area contributed by atoms with Crippen molar-refractivity contribution < 1.29 is 19.8 Å². The molecular weight excluding hydrogens is 424 g/mol. The molecule has 4 nitrogen and oxygen atoms in total. The van der Waals surface area contributed by atoms with Crippen molar-refractivity contribution in [3.63, 3.8) is 0 Å². The van der Waals surface area contributed by atoms with Crippen LogP contribution in [0.15, 0.2) is 12.2 Å². The molecule has 0 amide bonds. The van der Waals surface area contributed by atoms with Crippen molar-refractivity contribution in [1.29, 1.82) is 0 Å². The van der Waals surface area contributed by atoms with Crippen LogP contribution in [0.4, 0.5) is 0 Å². The fraction of sp³-hybridized carbons (Fsp3) is 0.867. The number of aliphatic hydroxyl groups is 1. The number of carbonyl (C=O) groups excluding carboxylic acids is 1. The van der Waals surface area contributed by atoms with Gasteiger partial charge < -0.3 is 10.2 Å². The van der Waals surface area contributed by atoms with Crippen molar-refractivity contribution in [2.75, 3.05) is 6.61 Å². The highest BCUT2D eigenvalue weighted by Crippen LogP contribution is 2.77. The molecule has 2 N–H and O–H groups in total. The zero-order valence-electron chi connectivity index (χ0n) is 22.1. The van der Waals surface area contributed by atoms with Crippen LogP contribution in [0.25, 0.3) is 0 Å². The smallest absolute Gasteiger partial charge is 0.309 e. The third kappa shape index (κ3) is 2.70. The summed E-state index contributed by atoms with van der Waals surface area (Å²) in [7, 11) is 0. The van der Waals surface area contributed by atoms with Gasteiger partial charge in [-0.1, -0.05) is 39.8 Å². The van der Waals surface area contributed by atoms with E-state index in [0.29, 0.717) is 24.2 Å². The number of Topliss-reactive ketones (excluding diaryl/α,β-unsaturated/α-hetero) is 1. The van der Waals surface area contributed by atoms with Gasteiger partial charge in [-0.15, -0.1) is 0 Å². The van der Waals surface area contributed by atoms with Crippen molar-refractivity contribution in [2.24, 2.45) is 56.7 Å². The summed E-state index contributed by atoms with van der Waals surface area (Å²) < 4.78 is 0. The highest BCUT2D eigenvalue weighted by molar-refractivity contribution is 5.86. The molecule has 5 aliphatic rings. The maximum absolute atomic E-state index is 13.0. The number of aliphatic hydroxyl groups excluding tert-OH is 1. The lowest BCUT2D eigenvalue weighted by molar-refractivity contribution is -0.238. The quantitative estimate of drug-likeness (QED) is 0.477. The van der Waals surface area contributed by atoms with Crippen molar-refractivity contribution >= 4 is 11.8 Å². The van der Waals surface area contributed by atoms with Gasteiger partial charge in [0.2, 0.25) is 0 Å². The highest BCUT2D eigenvalue weighted by Gasteiger charge is 2.72. The summed E-state index contributed by atoms with van der Waals surface area (Å²) in [5.74, 6) is 1.35. The average molecular weight is 471 g/mol. The summed E-state index contributed by atoms with van der Waals surface area (Å²) in [5.41, 5.74) is 0.257. The van der Waals surface area contributed by atoms with Gasteiger partial charge in [0.15, 0.2) is 0 Å². The molecule has 6 unspecified atom stereocenters. The molecule has 0 radical (unpaired) electrons. The molecule has 0 aliphatic heterocycles. The van der Waals surface area contributed by atoms with E-state index in [1.54, 1.807) is 0 Å². The minimum atomic E-state index is -0.617. The number of rotatable bonds is 3. The lowest BCUT2D eigenvalue weighted by atomic mass is 9.32. The molecule has 0 saturated heterocycles.